The lowest BCUT2D eigenvalue weighted by Crippen LogP contribution is -2.29. The third-order valence-corrected chi connectivity index (χ3v) is 8.57. The monoisotopic (exact) mass is 544 g/mol. The summed E-state index contributed by atoms with van der Waals surface area (Å²) in [6, 6.07) is 7.93. The molecule has 0 unspecified atom stereocenters. The number of carbonyl (C=O) groups excluding carboxylic acids is 2. The number of thioether (sulfide) groups is 1. The Hall–Kier alpha value is -2.30. The average Bonchev–Trinajstić information content (AvgIpc) is 3.44. The van der Waals surface area contributed by atoms with Crippen LogP contribution in [-0.4, -0.2) is 43.9 Å². The number of nitrogens with one attached hydrogen (secondary N) is 1. The molecule has 1 saturated heterocycles. The Morgan fingerprint density at radius 1 is 1.17 bits per heavy atom. The van der Waals surface area contributed by atoms with Crippen LogP contribution in [0.2, 0.25) is 0 Å². The van der Waals surface area contributed by atoms with Gasteiger partial charge < -0.3 is 10.1 Å². The Kier molecular flexibility index (Phi) is 9.89. The average molecular weight is 545 g/mol. The maximum absolute atomic E-state index is 12.9. The molecule has 2 amide bonds. The fraction of sp³-hybridized carbons (Fsp3) is 0.500. The lowest BCUT2D eigenvalue weighted by molar-refractivity contribution is -0.122. The Morgan fingerprint density at radius 3 is 2.67 bits per heavy atom. The molecule has 2 aliphatic rings. The number of benzene rings is 1. The van der Waals surface area contributed by atoms with Crippen molar-refractivity contribution in [3.8, 4) is 5.75 Å². The van der Waals surface area contributed by atoms with Crippen LogP contribution in [-0.2, 0) is 16.0 Å². The van der Waals surface area contributed by atoms with Gasteiger partial charge in [0.2, 0.25) is 11.0 Å². The predicted octanol–water partition coefficient (Wildman–Crippen LogP) is 6.21. The number of hydrogen-bond donors (Lipinski definition) is 1. The van der Waals surface area contributed by atoms with Crippen LogP contribution in [0.4, 0.5) is 5.13 Å². The van der Waals surface area contributed by atoms with Gasteiger partial charge in [-0.25, -0.2) is 0 Å². The van der Waals surface area contributed by atoms with Gasteiger partial charge in [-0.3, -0.25) is 14.5 Å². The van der Waals surface area contributed by atoms with E-state index in [0.29, 0.717) is 33.4 Å². The van der Waals surface area contributed by atoms with Gasteiger partial charge >= 0.3 is 0 Å². The van der Waals surface area contributed by atoms with E-state index in [2.05, 4.69) is 15.5 Å². The quantitative estimate of drug-likeness (QED) is 0.204. The number of hydrogen-bond acceptors (Lipinski definition) is 8. The molecule has 0 spiro atoms. The van der Waals surface area contributed by atoms with Gasteiger partial charge in [-0.2, -0.15) is 0 Å². The number of amides is 2. The first kappa shape index (κ1) is 26.8. The summed E-state index contributed by atoms with van der Waals surface area (Å²) in [5, 5.41) is 12.2. The van der Waals surface area contributed by atoms with E-state index in [1.807, 2.05) is 37.3 Å². The molecule has 192 valence electrons. The summed E-state index contributed by atoms with van der Waals surface area (Å²) in [6.07, 6.45) is 11.8. The Labute approximate surface area is 226 Å². The van der Waals surface area contributed by atoms with Crippen LogP contribution < -0.4 is 10.1 Å². The van der Waals surface area contributed by atoms with Crippen molar-refractivity contribution >= 4 is 62.7 Å². The Bertz CT molecular complexity index is 1090. The molecule has 0 atom stereocenters. The molecule has 1 aromatic carbocycles. The van der Waals surface area contributed by atoms with Crippen LogP contribution in [0.25, 0.3) is 6.08 Å². The van der Waals surface area contributed by atoms with Crippen LogP contribution in [0.15, 0.2) is 29.2 Å². The van der Waals surface area contributed by atoms with Crippen LogP contribution >= 0.6 is 35.3 Å². The van der Waals surface area contributed by atoms with Gasteiger partial charge in [0.25, 0.3) is 5.91 Å². The first-order chi connectivity index (χ1) is 17.5. The van der Waals surface area contributed by atoms with Crippen molar-refractivity contribution in [1.82, 2.24) is 15.1 Å². The molecule has 1 aromatic heterocycles. The second-order valence-corrected chi connectivity index (χ2v) is 11.7. The molecule has 1 aliphatic carbocycles. The van der Waals surface area contributed by atoms with Crippen LogP contribution in [0.3, 0.4) is 0 Å². The smallest absolute Gasteiger partial charge is 0.266 e. The zero-order valence-corrected chi connectivity index (χ0v) is 23.0. The Morgan fingerprint density at radius 2 is 1.94 bits per heavy atom. The van der Waals surface area contributed by atoms with E-state index in [9.17, 15) is 9.59 Å². The van der Waals surface area contributed by atoms with Gasteiger partial charge in [-0.15, -0.1) is 10.2 Å². The second-order valence-electron chi connectivity index (χ2n) is 8.99. The lowest BCUT2D eigenvalue weighted by atomic mass is 9.98. The van der Waals surface area contributed by atoms with Crippen molar-refractivity contribution in [2.75, 3.05) is 11.9 Å². The summed E-state index contributed by atoms with van der Waals surface area (Å²) in [7, 11) is 0. The summed E-state index contributed by atoms with van der Waals surface area (Å²) in [5.74, 6) is 0.778. The summed E-state index contributed by atoms with van der Waals surface area (Å²) < 4.78 is 6.68. The van der Waals surface area contributed by atoms with E-state index in [4.69, 9.17) is 17.0 Å². The molecule has 1 saturated carbocycles. The summed E-state index contributed by atoms with van der Waals surface area (Å²) in [6.45, 7) is 2.57. The van der Waals surface area contributed by atoms with Gasteiger partial charge in [0.15, 0.2) is 0 Å². The molecule has 0 bridgehead atoms. The number of carbonyl (C=O) groups is 2. The zero-order valence-electron chi connectivity index (χ0n) is 20.5. The van der Waals surface area contributed by atoms with E-state index < -0.39 is 0 Å². The zero-order chi connectivity index (χ0) is 25.3. The molecule has 1 N–H and O–H groups in total. The molecule has 10 heteroatoms. The first-order valence-corrected chi connectivity index (χ1v) is 14.7. The Balaban J connectivity index is 1.19. The number of nitrogens with zero attached hydrogens (tertiary/aromatic N) is 3. The number of aryl methyl sites for hydroxylation is 1. The standard InChI is InChI=1S/C26H32N4O3S3/c1-2-23-28-29-25(36-23)27-22(31)11-7-4-8-16-30-24(32)21(35-26(30)34)17-18-12-14-20(15-13-18)33-19-9-5-3-6-10-19/h12-15,17,19H,2-11,16H2,1H3,(H,27,29,31)/b21-17-. The van der Waals surface area contributed by atoms with Crippen molar-refractivity contribution in [3.63, 3.8) is 0 Å². The highest BCUT2D eigenvalue weighted by Crippen LogP contribution is 2.33. The van der Waals surface area contributed by atoms with Crippen molar-refractivity contribution < 1.29 is 14.3 Å². The van der Waals surface area contributed by atoms with E-state index in [1.165, 1.54) is 42.4 Å². The minimum absolute atomic E-state index is 0.0479. The van der Waals surface area contributed by atoms with Crippen molar-refractivity contribution in [1.29, 1.82) is 0 Å². The maximum Gasteiger partial charge on any atom is 0.266 e. The number of unbranched alkanes of at least 4 members (excludes halogenated alkanes) is 2. The molecule has 2 heterocycles. The van der Waals surface area contributed by atoms with Gasteiger partial charge in [0.1, 0.15) is 15.1 Å². The van der Waals surface area contributed by atoms with E-state index in [1.54, 1.807) is 4.90 Å². The van der Waals surface area contributed by atoms with E-state index >= 15 is 0 Å². The summed E-state index contributed by atoms with van der Waals surface area (Å²) in [5.41, 5.74) is 0.957. The van der Waals surface area contributed by atoms with Crippen LogP contribution in [0, 0.1) is 0 Å². The third-order valence-electron chi connectivity index (χ3n) is 6.21. The van der Waals surface area contributed by atoms with E-state index in [0.717, 1.165) is 54.8 Å². The largest absolute Gasteiger partial charge is 0.490 e. The van der Waals surface area contributed by atoms with Crippen LogP contribution in [0.5, 0.6) is 5.75 Å². The highest BCUT2D eigenvalue weighted by Gasteiger charge is 2.31. The molecule has 2 aromatic rings. The van der Waals surface area contributed by atoms with Crippen LogP contribution in [0.1, 0.15) is 75.3 Å². The fourth-order valence-corrected chi connectivity index (χ4v) is 6.23. The van der Waals surface area contributed by atoms with Crippen molar-refractivity contribution in [2.45, 2.75) is 77.2 Å². The molecule has 1 aliphatic heterocycles. The minimum atomic E-state index is -0.0579. The van der Waals surface area contributed by atoms with E-state index in [-0.39, 0.29) is 11.8 Å². The van der Waals surface area contributed by atoms with Gasteiger partial charge in [0.05, 0.1) is 11.0 Å². The van der Waals surface area contributed by atoms with Crippen molar-refractivity contribution in [3.05, 3.63) is 39.7 Å². The number of rotatable bonds is 11. The summed E-state index contributed by atoms with van der Waals surface area (Å²) in [4.78, 5) is 27.3. The SMILES string of the molecule is CCc1nnc(NC(=O)CCCCCN2C(=O)/C(=C/c3ccc(OC4CCCCC4)cc3)SC2=S)s1. The molecule has 7 nitrogen and oxygen atoms in total. The fourth-order valence-electron chi connectivity index (χ4n) is 4.22. The van der Waals surface area contributed by atoms with Gasteiger partial charge in [-0.1, -0.05) is 67.2 Å². The number of ether oxygens (including phenoxy) is 1. The number of aromatic nitrogens is 2. The highest BCUT2D eigenvalue weighted by molar-refractivity contribution is 8.26. The summed E-state index contributed by atoms with van der Waals surface area (Å²) >= 11 is 8.21. The topological polar surface area (TPSA) is 84.4 Å². The maximum atomic E-state index is 12.9. The minimum Gasteiger partial charge on any atom is -0.490 e. The lowest BCUT2D eigenvalue weighted by Gasteiger charge is -2.22. The first-order valence-electron chi connectivity index (χ1n) is 12.7. The third kappa shape index (κ3) is 7.60. The second kappa shape index (κ2) is 13.3. The predicted molar refractivity (Wildman–Crippen MR) is 150 cm³/mol. The normalized spacial score (nSPS) is 17.7. The highest BCUT2D eigenvalue weighted by atomic mass is 32.2. The molecule has 36 heavy (non-hydrogen) atoms. The number of thiocarbonyl (C=S) groups is 1. The molecule has 0 radical (unpaired) electrons. The van der Waals surface area contributed by atoms with Gasteiger partial charge in [0, 0.05) is 13.0 Å². The molecule has 4 rings (SSSR count). The molecule has 2 fully saturated rings. The van der Waals surface area contributed by atoms with Gasteiger partial charge in [-0.05, 0) is 68.7 Å². The van der Waals surface area contributed by atoms with Crippen molar-refractivity contribution in [2.24, 2.45) is 0 Å². The number of anilines is 1. The molecular formula is C26H32N4O3S3. The molecular weight excluding hydrogens is 513 g/mol.